The van der Waals surface area contributed by atoms with Gasteiger partial charge in [-0.1, -0.05) is 116 Å². The van der Waals surface area contributed by atoms with E-state index in [1.165, 1.54) is 32.1 Å². The SMILES string of the molecule is CC/C=C\CCCCOC(CCC(=O)OCCCCCCN(CCCCCCCC(=O)OCCCCCCCCC)CCCP(=O)(OCC)OCC)OCCCC/C=C\CC. The Morgan fingerprint density at radius 2 is 0.934 bits per heavy atom. The Bertz CT molecular complexity index is 1040. The van der Waals surface area contributed by atoms with Crippen molar-refractivity contribution in [2.45, 2.75) is 221 Å². The van der Waals surface area contributed by atoms with Crippen LogP contribution in [0.2, 0.25) is 0 Å². The highest BCUT2D eigenvalue weighted by Gasteiger charge is 2.23. The van der Waals surface area contributed by atoms with Gasteiger partial charge in [0, 0.05) is 26.1 Å². The van der Waals surface area contributed by atoms with Crippen LogP contribution < -0.4 is 0 Å². The molecule has 0 radical (unpaired) electrons. The van der Waals surface area contributed by atoms with Crippen molar-refractivity contribution in [3.05, 3.63) is 24.3 Å². The smallest absolute Gasteiger partial charge is 0.330 e. The molecule has 0 aliphatic carbocycles. The molecule has 0 unspecified atom stereocenters. The molecule has 10 nitrogen and oxygen atoms in total. The number of unbranched alkanes of at least 4 members (excludes halogenated alkanes) is 17. The largest absolute Gasteiger partial charge is 0.466 e. The summed E-state index contributed by atoms with van der Waals surface area (Å²) < 4.78 is 47.3. The van der Waals surface area contributed by atoms with Gasteiger partial charge in [0.25, 0.3) is 0 Å². The Kier molecular flexibility index (Phi) is 45.3. The molecule has 0 aliphatic heterocycles. The van der Waals surface area contributed by atoms with Crippen LogP contribution in [-0.2, 0) is 42.1 Å². The molecule has 61 heavy (non-hydrogen) atoms. The number of allylic oxidation sites excluding steroid dienone is 4. The maximum absolute atomic E-state index is 13.1. The molecular formula is C50H96NO9P. The van der Waals surface area contributed by atoms with E-state index in [1.807, 2.05) is 13.8 Å². The number of esters is 2. The first-order valence-electron chi connectivity index (χ1n) is 25.3. The molecule has 0 spiro atoms. The lowest BCUT2D eigenvalue weighted by molar-refractivity contribution is -0.159. The van der Waals surface area contributed by atoms with Crippen molar-refractivity contribution in [3.8, 4) is 0 Å². The standard InChI is InChI=1S/C50H96NO9P/c1-6-11-14-17-20-27-32-43-55-48(52)37-29-22-21-23-30-40-51(42-36-47-61(54,59-9-4)60-10-5)41-31-24-28-33-44-56-49(53)38-39-50(57-45-34-25-18-15-12-7-2)58-46-35-26-19-16-13-8-3/h12-13,15-16,50H,6-11,14,17-47H2,1-5H3/b15-12-,16-13-. The Morgan fingerprint density at radius 3 is 1.44 bits per heavy atom. The number of ether oxygens (including phenoxy) is 4. The van der Waals surface area contributed by atoms with E-state index in [4.69, 9.17) is 28.0 Å². The third-order valence-corrected chi connectivity index (χ3v) is 12.7. The highest BCUT2D eigenvalue weighted by molar-refractivity contribution is 7.53. The van der Waals surface area contributed by atoms with E-state index in [0.717, 1.165) is 148 Å². The molecule has 0 aromatic heterocycles. The molecule has 0 rings (SSSR count). The minimum atomic E-state index is -3.05. The van der Waals surface area contributed by atoms with Crippen LogP contribution in [-0.4, -0.2) is 88.6 Å². The van der Waals surface area contributed by atoms with Crippen molar-refractivity contribution in [3.63, 3.8) is 0 Å². The van der Waals surface area contributed by atoms with E-state index in [2.05, 4.69) is 50.0 Å². The first kappa shape index (κ1) is 59.5. The number of hydrogen-bond donors (Lipinski definition) is 0. The summed E-state index contributed by atoms with van der Waals surface area (Å²) in [5.74, 6) is -0.242. The lowest BCUT2D eigenvalue weighted by Crippen LogP contribution is -2.28. The van der Waals surface area contributed by atoms with E-state index in [-0.39, 0.29) is 18.2 Å². The molecule has 360 valence electrons. The Labute approximate surface area is 375 Å². The van der Waals surface area contributed by atoms with Gasteiger partial charge in [0.1, 0.15) is 0 Å². The van der Waals surface area contributed by atoms with Gasteiger partial charge in [-0.15, -0.1) is 0 Å². The molecule has 0 heterocycles. The highest BCUT2D eigenvalue weighted by atomic mass is 31.2. The molecular weight excluding hydrogens is 790 g/mol. The number of carbonyl (C=O) groups is 2. The minimum Gasteiger partial charge on any atom is -0.466 e. The van der Waals surface area contributed by atoms with Crippen LogP contribution in [0.4, 0.5) is 0 Å². The normalized spacial score (nSPS) is 12.2. The average molecular weight is 886 g/mol. The maximum atomic E-state index is 13.1. The molecule has 0 aromatic rings. The van der Waals surface area contributed by atoms with Crippen LogP contribution in [0.25, 0.3) is 0 Å². The van der Waals surface area contributed by atoms with Gasteiger partial charge < -0.3 is 32.9 Å². The molecule has 0 amide bonds. The number of nitrogens with zero attached hydrogens (tertiary/aromatic N) is 1. The molecule has 0 saturated heterocycles. The zero-order valence-corrected chi connectivity index (χ0v) is 41.2. The molecule has 0 bridgehead atoms. The highest BCUT2D eigenvalue weighted by Crippen LogP contribution is 2.48. The van der Waals surface area contributed by atoms with Crippen molar-refractivity contribution in [1.82, 2.24) is 4.90 Å². The summed E-state index contributed by atoms with van der Waals surface area (Å²) >= 11 is 0. The molecule has 0 atom stereocenters. The van der Waals surface area contributed by atoms with Gasteiger partial charge in [0.2, 0.25) is 0 Å². The summed E-state index contributed by atoms with van der Waals surface area (Å²) in [5.41, 5.74) is 0. The van der Waals surface area contributed by atoms with Gasteiger partial charge in [-0.3, -0.25) is 14.2 Å². The van der Waals surface area contributed by atoms with Crippen molar-refractivity contribution in [2.24, 2.45) is 0 Å². The van der Waals surface area contributed by atoms with Gasteiger partial charge >= 0.3 is 19.5 Å². The minimum absolute atomic E-state index is 0.0549. The van der Waals surface area contributed by atoms with Gasteiger partial charge in [-0.2, -0.15) is 0 Å². The summed E-state index contributed by atoms with van der Waals surface area (Å²) in [6.07, 6.45) is 37.1. The predicted octanol–water partition coefficient (Wildman–Crippen LogP) is 14.1. The molecule has 0 saturated carbocycles. The molecule has 11 heteroatoms. The summed E-state index contributed by atoms with van der Waals surface area (Å²) in [7, 11) is -3.05. The van der Waals surface area contributed by atoms with Gasteiger partial charge in [0.15, 0.2) is 6.29 Å². The van der Waals surface area contributed by atoms with Gasteiger partial charge in [0.05, 0.1) is 39.0 Å². The average Bonchev–Trinajstić information content (AvgIpc) is 3.24. The summed E-state index contributed by atoms with van der Waals surface area (Å²) in [5, 5.41) is 0. The molecule has 0 fully saturated rings. The van der Waals surface area contributed by atoms with Crippen molar-refractivity contribution in [1.29, 1.82) is 0 Å². The number of rotatable bonds is 48. The zero-order chi connectivity index (χ0) is 44.8. The van der Waals surface area contributed by atoms with Crippen molar-refractivity contribution < 1.29 is 42.1 Å². The molecule has 0 aliphatic rings. The quantitative estimate of drug-likeness (QED) is 0.0193. The van der Waals surface area contributed by atoms with E-state index in [0.29, 0.717) is 65.1 Å². The fraction of sp³-hybridized carbons (Fsp3) is 0.880. The van der Waals surface area contributed by atoms with Crippen LogP contribution in [0.3, 0.4) is 0 Å². The molecule has 0 aromatic carbocycles. The van der Waals surface area contributed by atoms with Crippen molar-refractivity contribution >= 4 is 19.5 Å². The van der Waals surface area contributed by atoms with Crippen LogP contribution >= 0.6 is 7.60 Å². The van der Waals surface area contributed by atoms with Crippen molar-refractivity contribution in [2.75, 3.05) is 65.4 Å². The maximum Gasteiger partial charge on any atom is 0.330 e. The van der Waals surface area contributed by atoms with E-state index in [9.17, 15) is 14.2 Å². The van der Waals surface area contributed by atoms with Crippen LogP contribution in [0.5, 0.6) is 0 Å². The number of carbonyl (C=O) groups excluding carboxylic acids is 2. The predicted molar refractivity (Wildman–Crippen MR) is 254 cm³/mol. The second-order valence-corrected chi connectivity index (χ2v) is 18.5. The summed E-state index contributed by atoms with van der Waals surface area (Å²) in [6, 6.07) is 0. The first-order valence-corrected chi connectivity index (χ1v) is 27.0. The van der Waals surface area contributed by atoms with E-state index < -0.39 is 7.60 Å². The number of hydrogen-bond acceptors (Lipinski definition) is 10. The fourth-order valence-electron chi connectivity index (χ4n) is 7.06. The van der Waals surface area contributed by atoms with E-state index >= 15 is 0 Å². The first-order chi connectivity index (χ1) is 29.8. The second kappa shape index (κ2) is 46.4. The summed E-state index contributed by atoms with van der Waals surface area (Å²) in [4.78, 5) is 27.2. The van der Waals surface area contributed by atoms with Crippen LogP contribution in [0.1, 0.15) is 214 Å². The van der Waals surface area contributed by atoms with Crippen LogP contribution in [0.15, 0.2) is 24.3 Å². The fourth-order valence-corrected chi connectivity index (χ4v) is 8.71. The third-order valence-electron chi connectivity index (χ3n) is 10.6. The van der Waals surface area contributed by atoms with Crippen LogP contribution in [0, 0.1) is 0 Å². The zero-order valence-electron chi connectivity index (χ0n) is 40.3. The Morgan fingerprint density at radius 1 is 0.492 bits per heavy atom. The lowest BCUT2D eigenvalue weighted by Gasteiger charge is -2.24. The Hall–Kier alpha value is -1.55. The van der Waals surface area contributed by atoms with Gasteiger partial charge in [-0.05, 0) is 123 Å². The summed E-state index contributed by atoms with van der Waals surface area (Å²) in [6.45, 7) is 16.1. The van der Waals surface area contributed by atoms with Gasteiger partial charge in [-0.25, -0.2) is 0 Å². The van der Waals surface area contributed by atoms with E-state index in [1.54, 1.807) is 0 Å². The lowest BCUT2D eigenvalue weighted by atomic mass is 10.1. The Balaban J connectivity index is 4.53. The second-order valence-electron chi connectivity index (χ2n) is 16.3. The monoisotopic (exact) mass is 886 g/mol. The third kappa shape index (κ3) is 42.2. The molecule has 0 N–H and O–H groups in total. The topological polar surface area (TPSA) is 110 Å².